The summed E-state index contributed by atoms with van der Waals surface area (Å²) in [6.07, 6.45) is 4.39. The van der Waals surface area contributed by atoms with Crippen LogP contribution < -0.4 is 0 Å². The van der Waals surface area contributed by atoms with Crippen LogP contribution in [-0.4, -0.2) is 69.4 Å². The van der Waals surface area contributed by atoms with E-state index in [4.69, 9.17) is 9.72 Å². The van der Waals surface area contributed by atoms with Crippen LogP contribution in [0.25, 0.3) is 10.9 Å². The lowest BCUT2D eigenvalue weighted by atomic mass is 10.0. The maximum absolute atomic E-state index is 13.5. The van der Waals surface area contributed by atoms with Crippen LogP contribution in [0.1, 0.15) is 63.2 Å². The molecule has 8 nitrogen and oxygen atoms in total. The number of carbonyl (C=O) groups is 2. The van der Waals surface area contributed by atoms with Gasteiger partial charge in [-0.1, -0.05) is 12.1 Å². The smallest absolute Gasteiger partial charge is 0.270 e. The standard InChI is InChI=1S/C25H29N5O3/c1-16-6-7-18-14-21(28-20(18)13-16)25(32)30-8-4-3-5-22(30)23-26-15-19(17(2)27-23)24(31)29-9-11-33-12-10-29/h6-7,13-15,22,28H,3-5,8-12H2,1-2H3/t22-/m0/s1. The monoisotopic (exact) mass is 447 g/mol. The van der Waals surface area contributed by atoms with Crippen LogP contribution in [0, 0.1) is 13.8 Å². The topological polar surface area (TPSA) is 91.4 Å². The number of nitrogens with zero attached hydrogens (tertiary/aromatic N) is 4. The minimum Gasteiger partial charge on any atom is -0.378 e. The van der Waals surface area contributed by atoms with Crippen LogP contribution in [0.2, 0.25) is 0 Å². The molecule has 2 aliphatic rings. The maximum atomic E-state index is 13.5. The number of ether oxygens (including phenoxy) is 1. The van der Waals surface area contributed by atoms with Gasteiger partial charge in [-0.3, -0.25) is 9.59 Å². The highest BCUT2D eigenvalue weighted by atomic mass is 16.5. The van der Waals surface area contributed by atoms with E-state index in [9.17, 15) is 9.59 Å². The molecule has 1 aromatic carbocycles. The van der Waals surface area contributed by atoms with E-state index in [1.807, 2.05) is 36.9 Å². The average Bonchev–Trinajstić information content (AvgIpc) is 3.27. The number of piperidine rings is 1. The molecule has 2 aromatic heterocycles. The molecule has 3 aromatic rings. The molecule has 1 N–H and O–H groups in total. The molecule has 33 heavy (non-hydrogen) atoms. The Morgan fingerprint density at radius 3 is 2.67 bits per heavy atom. The summed E-state index contributed by atoms with van der Waals surface area (Å²) in [5.74, 6) is 0.501. The van der Waals surface area contributed by atoms with Gasteiger partial charge in [-0.05, 0) is 50.8 Å². The first kappa shape index (κ1) is 21.6. The van der Waals surface area contributed by atoms with E-state index in [2.05, 4.69) is 16.0 Å². The number of carbonyl (C=O) groups excluding carboxylic acids is 2. The zero-order chi connectivity index (χ0) is 22.9. The molecule has 0 bridgehead atoms. The lowest BCUT2D eigenvalue weighted by molar-refractivity contribution is 0.0301. The summed E-state index contributed by atoms with van der Waals surface area (Å²) < 4.78 is 5.34. The minimum absolute atomic E-state index is 0.0386. The molecule has 5 rings (SSSR count). The number of fused-ring (bicyclic) bond motifs is 1. The van der Waals surface area contributed by atoms with E-state index in [-0.39, 0.29) is 17.9 Å². The number of amides is 2. The Balaban J connectivity index is 1.40. The van der Waals surface area contributed by atoms with Gasteiger partial charge in [0.15, 0.2) is 5.82 Å². The van der Waals surface area contributed by atoms with Gasteiger partial charge in [-0.2, -0.15) is 0 Å². The van der Waals surface area contributed by atoms with E-state index in [1.165, 1.54) is 0 Å². The molecule has 0 radical (unpaired) electrons. The van der Waals surface area contributed by atoms with Crippen molar-refractivity contribution in [3.63, 3.8) is 0 Å². The van der Waals surface area contributed by atoms with E-state index >= 15 is 0 Å². The maximum Gasteiger partial charge on any atom is 0.270 e. The number of aromatic amines is 1. The Bertz CT molecular complexity index is 1200. The fourth-order valence-corrected chi connectivity index (χ4v) is 4.75. The van der Waals surface area contributed by atoms with Crippen LogP contribution in [0.5, 0.6) is 0 Å². The van der Waals surface area contributed by atoms with E-state index in [0.29, 0.717) is 55.6 Å². The second-order valence-electron chi connectivity index (χ2n) is 8.92. The van der Waals surface area contributed by atoms with Gasteiger partial charge >= 0.3 is 0 Å². The number of aryl methyl sites for hydroxylation is 2. The summed E-state index contributed by atoms with van der Waals surface area (Å²) >= 11 is 0. The third kappa shape index (κ3) is 4.23. The van der Waals surface area contributed by atoms with Crippen molar-refractivity contribution in [1.82, 2.24) is 24.8 Å². The first-order valence-electron chi connectivity index (χ1n) is 11.6. The molecule has 2 aliphatic heterocycles. The summed E-state index contributed by atoms with van der Waals surface area (Å²) in [7, 11) is 0. The van der Waals surface area contributed by atoms with Crippen LogP contribution in [0.4, 0.5) is 0 Å². The SMILES string of the molecule is Cc1ccc2cc(C(=O)N3CCCC[C@H]3c3ncc(C(=O)N4CCOCC4)c(C)n3)[nH]c2c1. The van der Waals surface area contributed by atoms with Crippen molar-refractivity contribution in [3.8, 4) is 0 Å². The van der Waals surface area contributed by atoms with E-state index in [1.54, 1.807) is 11.1 Å². The number of aromatic nitrogens is 3. The molecule has 2 amide bonds. The number of hydrogen-bond acceptors (Lipinski definition) is 5. The second-order valence-corrected chi connectivity index (χ2v) is 8.92. The second kappa shape index (κ2) is 8.94. The Morgan fingerprint density at radius 2 is 1.88 bits per heavy atom. The van der Waals surface area contributed by atoms with Gasteiger partial charge in [-0.25, -0.2) is 9.97 Å². The van der Waals surface area contributed by atoms with Crippen molar-refractivity contribution in [2.75, 3.05) is 32.8 Å². The van der Waals surface area contributed by atoms with E-state index < -0.39 is 0 Å². The molecule has 0 aliphatic carbocycles. The predicted octanol–water partition coefficient (Wildman–Crippen LogP) is 3.41. The Kier molecular flexibility index (Phi) is 5.85. The van der Waals surface area contributed by atoms with Crippen molar-refractivity contribution < 1.29 is 14.3 Å². The Morgan fingerprint density at radius 1 is 1.06 bits per heavy atom. The van der Waals surface area contributed by atoms with Crippen LogP contribution >= 0.6 is 0 Å². The molecule has 0 saturated carbocycles. The van der Waals surface area contributed by atoms with Crippen molar-refractivity contribution in [2.24, 2.45) is 0 Å². The van der Waals surface area contributed by atoms with E-state index in [0.717, 1.165) is 35.7 Å². The van der Waals surface area contributed by atoms with Gasteiger partial charge in [0.05, 0.1) is 30.5 Å². The normalized spacial score (nSPS) is 19.2. The third-order valence-electron chi connectivity index (χ3n) is 6.60. The van der Waals surface area contributed by atoms with Gasteiger partial charge in [0.2, 0.25) is 0 Å². The molecule has 2 fully saturated rings. The van der Waals surface area contributed by atoms with Crippen LogP contribution in [-0.2, 0) is 4.74 Å². The zero-order valence-corrected chi connectivity index (χ0v) is 19.1. The first-order valence-corrected chi connectivity index (χ1v) is 11.6. The van der Waals surface area contributed by atoms with Crippen LogP contribution in [0.15, 0.2) is 30.5 Å². The molecule has 0 unspecified atom stereocenters. The summed E-state index contributed by atoms with van der Waals surface area (Å²) in [6.45, 7) is 6.80. The molecular formula is C25H29N5O3. The lowest BCUT2D eigenvalue weighted by Crippen LogP contribution is -2.41. The minimum atomic E-state index is -0.203. The first-order chi connectivity index (χ1) is 16.0. The molecule has 172 valence electrons. The zero-order valence-electron chi connectivity index (χ0n) is 19.1. The number of hydrogen-bond donors (Lipinski definition) is 1. The van der Waals surface area contributed by atoms with Gasteiger partial charge in [0, 0.05) is 36.7 Å². The third-order valence-corrected chi connectivity index (χ3v) is 6.60. The van der Waals surface area contributed by atoms with Crippen LogP contribution in [0.3, 0.4) is 0 Å². The number of H-pyrrole nitrogens is 1. The molecule has 8 heteroatoms. The highest BCUT2D eigenvalue weighted by molar-refractivity contribution is 5.98. The molecule has 0 spiro atoms. The summed E-state index contributed by atoms with van der Waals surface area (Å²) in [6, 6.07) is 7.84. The Labute approximate surface area is 193 Å². The number of morpholine rings is 1. The molecular weight excluding hydrogens is 418 g/mol. The highest BCUT2D eigenvalue weighted by Gasteiger charge is 2.32. The van der Waals surface area contributed by atoms with Crippen molar-refractivity contribution in [3.05, 3.63) is 58.8 Å². The van der Waals surface area contributed by atoms with Crippen molar-refractivity contribution in [1.29, 1.82) is 0 Å². The molecule has 2 saturated heterocycles. The summed E-state index contributed by atoms with van der Waals surface area (Å²) in [5.41, 5.74) is 3.86. The average molecular weight is 448 g/mol. The van der Waals surface area contributed by atoms with Gasteiger partial charge in [0.25, 0.3) is 11.8 Å². The largest absolute Gasteiger partial charge is 0.378 e. The quantitative estimate of drug-likeness (QED) is 0.664. The van der Waals surface area contributed by atoms with Gasteiger partial charge in [-0.15, -0.1) is 0 Å². The predicted molar refractivity (Wildman–Crippen MR) is 124 cm³/mol. The van der Waals surface area contributed by atoms with Gasteiger partial charge < -0.3 is 19.5 Å². The summed E-state index contributed by atoms with van der Waals surface area (Å²) in [5, 5.41) is 1.02. The lowest BCUT2D eigenvalue weighted by Gasteiger charge is -2.34. The molecule has 1 atom stereocenters. The number of likely N-dealkylation sites (tertiary alicyclic amines) is 1. The van der Waals surface area contributed by atoms with Crippen molar-refractivity contribution >= 4 is 22.7 Å². The van der Waals surface area contributed by atoms with Crippen molar-refractivity contribution in [2.45, 2.75) is 39.2 Å². The Hall–Kier alpha value is -3.26. The molecule has 4 heterocycles. The fraction of sp³-hybridized carbons (Fsp3) is 0.440. The number of rotatable bonds is 3. The summed E-state index contributed by atoms with van der Waals surface area (Å²) in [4.78, 5) is 42.6. The fourth-order valence-electron chi connectivity index (χ4n) is 4.75. The highest BCUT2D eigenvalue weighted by Crippen LogP contribution is 2.31. The van der Waals surface area contributed by atoms with Gasteiger partial charge in [0.1, 0.15) is 5.69 Å². The number of nitrogens with one attached hydrogen (secondary N) is 1. The number of benzene rings is 1.